The summed E-state index contributed by atoms with van der Waals surface area (Å²) in [6, 6.07) is 7.20. The van der Waals surface area contributed by atoms with E-state index >= 15 is 0 Å². The fourth-order valence-corrected chi connectivity index (χ4v) is 3.94. The quantitative estimate of drug-likeness (QED) is 0.520. The van der Waals surface area contributed by atoms with Crippen molar-refractivity contribution in [1.29, 1.82) is 0 Å². The molecule has 1 aromatic carbocycles. The number of pyridine rings is 1. The number of nitrogens with one attached hydrogen (secondary N) is 2. The Morgan fingerprint density at radius 1 is 1.19 bits per heavy atom. The SMILES string of the molecule is Cc1nc2c(c(C)nn2C)c(C)c1CCC(=O)NNC(=O)[C@@H](C)Oc1cccc(Br)c1. The van der Waals surface area contributed by atoms with E-state index in [0.29, 0.717) is 12.2 Å². The van der Waals surface area contributed by atoms with E-state index in [0.717, 1.165) is 38.0 Å². The predicted octanol–water partition coefficient (Wildman–Crippen LogP) is 3.20. The highest BCUT2D eigenvalue weighted by atomic mass is 79.9. The van der Waals surface area contributed by atoms with Gasteiger partial charge in [0, 0.05) is 29.0 Å². The van der Waals surface area contributed by atoms with E-state index in [2.05, 4.69) is 36.9 Å². The van der Waals surface area contributed by atoms with E-state index in [4.69, 9.17) is 4.74 Å². The maximum atomic E-state index is 12.3. The van der Waals surface area contributed by atoms with Crippen molar-refractivity contribution < 1.29 is 14.3 Å². The molecule has 0 aliphatic rings. The summed E-state index contributed by atoms with van der Waals surface area (Å²) in [6.07, 6.45) is -0.0324. The normalized spacial score (nSPS) is 11.9. The van der Waals surface area contributed by atoms with Crippen molar-refractivity contribution >= 4 is 38.8 Å². The van der Waals surface area contributed by atoms with Gasteiger partial charge in [-0.05, 0) is 63.4 Å². The second-order valence-electron chi connectivity index (χ2n) is 7.46. The molecule has 2 amide bonds. The van der Waals surface area contributed by atoms with E-state index in [1.54, 1.807) is 23.7 Å². The average Bonchev–Trinajstić information content (AvgIpc) is 2.99. The second kappa shape index (κ2) is 9.47. The van der Waals surface area contributed by atoms with Crippen LogP contribution in [-0.4, -0.2) is 32.7 Å². The molecule has 0 bridgehead atoms. The molecule has 2 heterocycles. The van der Waals surface area contributed by atoms with Gasteiger partial charge in [0.15, 0.2) is 11.8 Å². The highest BCUT2D eigenvalue weighted by molar-refractivity contribution is 9.10. The summed E-state index contributed by atoms with van der Waals surface area (Å²) in [6.45, 7) is 7.54. The number of benzene rings is 1. The van der Waals surface area contributed by atoms with Crippen LogP contribution in [-0.2, 0) is 23.1 Å². The smallest absolute Gasteiger partial charge is 0.279 e. The molecule has 0 spiro atoms. The molecule has 0 saturated carbocycles. The van der Waals surface area contributed by atoms with Gasteiger partial charge in [-0.15, -0.1) is 0 Å². The standard InChI is InChI=1S/C22H26BrN5O3/c1-12-18(13(2)24-21-20(12)14(3)27-28(21)5)9-10-19(29)25-26-22(30)15(4)31-17-8-6-7-16(23)11-17/h6-8,11,15H,9-10H2,1-5H3,(H,25,29)(H,26,30)/t15-/m1/s1. The molecule has 0 saturated heterocycles. The Morgan fingerprint density at radius 3 is 2.65 bits per heavy atom. The molecule has 31 heavy (non-hydrogen) atoms. The van der Waals surface area contributed by atoms with Crippen LogP contribution in [0.2, 0.25) is 0 Å². The van der Waals surface area contributed by atoms with Crippen LogP contribution >= 0.6 is 15.9 Å². The number of hydrazine groups is 1. The van der Waals surface area contributed by atoms with Crippen molar-refractivity contribution in [2.75, 3.05) is 0 Å². The Balaban J connectivity index is 1.55. The Labute approximate surface area is 189 Å². The summed E-state index contributed by atoms with van der Waals surface area (Å²) in [4.78, 5) is 29.2. The van der Waals surface area contributed by atoms with Gasteiger partial charge in [-0.2, -0.15) is 5.10 Å². The minimum absolute atomic E-state index is 0.218. The van der Waals surface area contributed by atoms with Crippen molar-refractivity contribution in [3.05, 3.63) is 51.3 Å². The Kier molecular flexibility index (Phi) is 6.94. The first-order valence-electron chi connectivity index (χ1n) is 9.97. The largest absolute Gasteiger partial charge is 0.481 e. The molecule has 164 valence electrons. The molecule has 2 N–H and O–H groups in total. The maximum absolute atomic E-state index is 12.3. The molecule has 9 heteroatoms. The predicted molar refractivity (Wildman–Crippen MR) is 122 cm³/mol. The van der Waals surface area contributed by atoms with Crippen LogP contribution in [0.4, 0.5) is 0 Å². The summed E-state index contributed by atoms with van der Waals surface area (Å²) >= 11 is 3.36. The third kappa shape index (κ3) is 5.22. The van der Waals surface area contributed by atoms with Gasteiger partial charge in [0.05, 0.1) is 5.69 Å². The highest BCUT2D eigenvalue weighted by Gasteiger charge is 2.18. The number of aryl methyl sites for hydroxylation is 4. The van der Waals surface area contributed by atoms with Crippen molar-refractivity contribution in [3.63, 3.8) is 0 Å². The Bertz CT molecular complexity index is 1140. The lowest BCUT2D eigenvalue weighted by atomic mass is 9.99. The zero-order valence-corrected chi connectivity index (χ0v) is 19.8. The summed E-state index contributed by atoms with van der Waals surface area (Å²) in [5, 5.41) is 5.46. The van der Waals surface area contributed by atoms with Gasteiger partial charge in [0.25, 0.3) is 5.91 Å². The molecule has 0 aliphatic carbocycles. The van der Waals surface area contributed by atoms with E-state index in [9.17, 15) is 9.59 Å². The first kappa shape index (κ1) is 22.7. The maximum Gasteiger partial charge on any atom is 0.279 e. The van der Waals surface area contributed by atoms with Crippen LogP contribution < -0.4 is 15.6 Å². The lowest BCUT2D eigenvalue weighted by molar-refractivity contribution is -0.132. The van der Waals surface area contributed by atoms with E-state index in [1.165, 1.54) is 0 Å². The molecule has 2 aromatic heterocycles. The second-order valence-corrected chi connectivity index (χ2v) is 8.38. The lowest BCUT2D eigenvalue weighted by Crippen LogP contribution is -2.47. The molecular weight excluding hydrogens is 462 g/mol. The van der Waals surface area contributed by atoms with Crippen LogP contribution in [0.15, 0.2) is 28.7 Å². The van der Waals surface area contributed by atoms with E-state index < -0.39 is 12.0 Å². The molecule has 0 radical (unpaired) electrons. The average molecular weight is 488 g/mol. The molecule has 1 atom stereocenters. The van der Waals surface area contributed by atoms with Crippen LogP contribution in [0.3, 0.4) is 0 Å². The van der Waals surface area contributed by atoms with Gasteiger partial charge in [0.1, 0.15) is 5.75 Å². The fourth-order valence-electron chi connectivity index (χ4n) is 3.56. The monoisotopic (exact) mass is 487 g/mol. The summed E-state index contributed by atoms with van der Waals surface area (Å²) in [5.74, 6) is -0.164. The van der Waals surface area contributed by atoms with Gasteiger partial charge in [-0.3, -0.25) is 25.1 Å². The van der Waals surface area contributed by atoms with Crippen molar-refractivity contribution in [2.24, 2.45) is 7.05 Å². The number of ether oxygens (including phenoxy) is 1. The van der Waals surface area contributed by atoms with Gasteiger partial charge >= 0.3 is 0 Å². The van der Waals surface area contributed by atoms with Crippen molar-refractivity contribution in [1.82, 2.24) is 25.6 Å². The molecule has 0 aliphatic heterocycles. The minimum atomic E-state index is -0.765. The number of amides is 2. The first-order chi connectivity index (χ1) is 14.7. The fraction of sp³-hybridized carbons (Fsp3) is 0.364. The molecule has 0 unspecified atom stereocenters. The number of carbonyl (C=O) groups excluding carboxylic acids is 2. The third-order valence-corrected chi connectivity index (χ3v) is 5.63. The van der Waals surface area contributed by atoms with Gasteiger partial charge in [-0.1, -0.05) is 22.0 Å². The van der Waals surface area contributed by atoms with Crippen molar-refractivity contribution in [3.8, 4) is 5.75 Å². The van der Waals surface area contributed by atoms with E-state index in [-0.39, 0.29) is 12.3 Å². The lowest BCUT2D eigenvalue weighted by Gasteiger charge is -2.15. The number of aromatic nitrogens is 3. The zero-order valence-electron chi connectivity index (χ0n) is 18.2. The van der Waals surface area contributed by atoms with Crippen LogP contribution in [0.25, 0.3) is 11.0 Å². The van der Waals surface area contributed by atoms with Crippen LogP contribution in [0, 0.1) is 20.8 Å². The van der Waals surface area contributed by atoms with Gasteiger partial charge in [-0.25, -0.2) is 4.98 Å². The van der Waals surface area contributed by atoms with Gasteiger partial charge in [0.2, 0.25) is 5.91 Å². The summed E-state index contributed by atoms with van der Waals surface area (Å²) in [5.41, 5.74) is 9.62. The van der Waals surface area contributed by atoms with Crippen LogP contribution in [0.1, 0.15) is 35.9 Å². The van der Waals surface area contributed by atoms with Crippen LogP contribution in [0.5, 0.6) is 5.75 Å². The number of hydrogen-bond donors (Lipinski definition) is 2. The first-order valence-corrected chi connectivity index (χ1v) is 10.8. The molecule has 3 rings (SSSR count). The number of carbonyl (C=O) groups is 2. The highest BCUT2D eigenvalue weighted by Crippen LogP contribution is 2.26. The number of rotatable bonds is 6. The van der Waals surface area contributed by atoms with Crippen molar-refractivity contribution in [2.45, 2.75) is 46.6 Å². The molecular formula is C22H26BrN5O3. The Hall–Kier alpha value is -2.94. The number of fused-ring (bicyclic) bond motifs is 1. The molecule has 3 aromatic rings. The molecule has 8 nitrogen and oxygen atoms in total. The number of nitrogens with zero attached hydrogens (tertiary/aromatic N) is 3. The van der Waals surface area contributed by atoms with Gasteiger partial charge < -0.3 is 4.74 Å². The van der Waals surface area contributed by atoms with E-state index in [1.807, 2.05) is 40.0 Å². The number of halogens is 1. The number of hydrogen-bond acceptors (Lipinski definition) is 5. The minimum Gasteiger partial charge on any atom is -0.481 e. The zero-order chi connectivity index (χ0) is 22.7. The summed E-state index contributed by atoms with van der Waals surface area (Å²) in [7, 11) is 1.87. The Morgan fingerprint density at radius 2 is 1.94 bits per heavy atom. The summed E-state index contributed by atoms with van der Waals surface area (Å²) < 4.78 is 8.22. The topological polar surface area (TPSA) is 98.1 Å². The third-order valence-electron chi connectivity index (χ3n) is 5.14. The molecule has 0 fully saturated rings.